The first-order valence-electron chi connectivity index (χ1n) is 9.31. The molecule has 5 nitrogen and oxygen atoms in total. The summed E-state index contributed by atoms with van der Waals surface area (Å²) < 4.78 is 11.2. The van der Waals surface area contributed by atoms with Gasteiger partial charge in [0.05, 0.1) is 16.8 Å². The number of aromatic nitrogens is 1. The summed E-state index contributed by atoms with van der Waals surface area (Å²) in [7, 11) is 0. The van der Waals surface area contributed by atoms with E-state index in [-0.39, 0.29) is 5.91 Å². The number of amides is 1. The summed E-state index contributed by atoms with van der Waals surface area (Å²) in [5.41, 5.74) is 2.26. The third-order valence-electron chi connectivity index (χ3n) is 4.65. The lowest BCUT2D eigenvalue weighted by Crippen LogP contribution is -2.26. The first kappa shape index (κ1) is 19.0. The van der Waals surface area contributed by atoms with Crippen molar-refractivity contribution in [2.75, 3.05) is 6.54 Å². The Morgan fingerprint density at radius 2 is 1.89 bits per heavy atom. The highest BCUT2D eigenvalue weighted by atomic mass is 16.5. The van der Waals surface area contributed by atoms with Crippen molar-refractivity contribution < 1.29 is 14.1 Å². The van der Waals surface area contributed by atoms with Crippen LogP contribution in [0.15, 0.2) is 40.9 Å². The van der Waals surface area contributed by atoms with Gasteiger partial charge in [0.15, 0.2) is 0 Å². The fourth-order valence-electron chi connectivity index (χ4n) is 2.94. The third kappa shape index (κ3) is 4.48. The molecule has 27 heavy (non-hydrogen) atoms. The fourth-order valence-corrected chi connectivity index (χ4v) is 2.94. The van der Waals surface area contributed by atoms with Crippen molar-refractivity contribution in [3.63, 3.8) is 0 Å². The van der Waals surface area contributed by atoms with Crippen LogP contribution in [0.25, 0.3) is 10.8 Å². The van der Waals surface area contributed by atoms with Crippen LogP contribution in [0.5, 0.6) is 5.75 Å². The van der Waals surface area contributed by atoms with Gasteiger partial charge in [-0.2, -0.15) is 0 Å². The Hall–Kier alpha value is -2.82. The van der Waals surface area contributed by atoms with E-state index >= 15 is 0 Å². The smallest absolute Gasteiger partial charge is 0.255 e. The highest BCUT2D eigenvalue weighted by molar-refractivity contribution is 6.01. The van der Waals surface area contributed by atoms with Crippen LogP contribution in [0.1, 0.15) is 47.6 Å². The van der Waals surface area contributed by atoms with Gasteiger partial charge in [-0.25, -0.2) is 0 Å². The van der Waals surface area contributed by atoms with E-state index in [1.54, 1.807) is 0 Å². The first-order valence-corrected chi connectivity index (χ1v) is 9.31. The van der Waals surface area contributed by atoms with Gasteiger partial charge in [-0.3, -0.25) is 4.79 Å². The molecule has 1 amide bonds. The van der Waals surface area contributed by atoms with Crippen LogP contribution >= 0.6 is 0 Å². The number of fused-ring (bicyclic) bond motifs is 1. The average molecular weight is 366 g/mol. The van der Waals surface area contributed by atoms with E-state index in [1.165, 1.54) is 0 Å². The molecule has 1 heterocycles. The second-order valence-corrected chi connectivity index (χ2v) is 7.23. The van der Waals surface area contributed by atoms with Gasteiger partial charge in [-0.05, 0) is 49.1 Å². The van der Waals surface area contributed by atoms with Crippen LogP contribution in [-0.4, -0.2) is 17.6 Å². The van der Waals surface area contributed by atoms with E-state index < -0.39 is 0 Å². The molecule has 5 heteroatoms. The number of carbonyl (C=O) groups excluding carboxylic acids is 1. The summed E-state index contributed by atoms with van der Waals surface area (Å²) in [4.78, 5) is 12.8. The molecular weight excluding hydrogens is 340 g/mol. The molecule has 0 aliphatic heterocycles. The minimum Gasteiger partial charge on any atom is -0.488 e. The largest absolute Gasteiger partial charge is 0.488 e. The number of aryl methyl sites for hydroxylation is 2. The Morgan fingerprint density at radius 3 is 2.52 bits per heavy atom. The summed E-state index contributed by atoms with van der Waals surface area (Å²) in [5, 5.41) is 9.00. The number of nitrogens with zero attached hydrogens (tertiary/aromatic N) is 1. The molecule has 1 N–H and O–H groups in total. The average Bonchev–Trinajstić information content (AvgIpc) is 2.96. The molecule has 0 atom stereocenters. The van der Waals surface area contributed by atoms with E-state index in [0.717, 1.165) is 34.2 Å². The second kappa shape index (κ2) is 8.25. The molecular formula is C22H26N2O3. The monoisotopic (exact) mass is 366 g/mol. The molecule has 0 radical (unpaired) electrons. The predicted octanol–water partition coefficient (Wildman–Crippen LogP) is 4.80. The lowest BCUT2D eigenvalue weighted by Gasteiger charge is -2.14. The topological polar surface area (TPSA) is 64.4 Å². The van der Waals surface area contributed by atoms with E-state index in [9.17, 15) is 4.79 Å². The molecule has 1 aromatic heterocycles. The Bertz CT molecular complexity index is 924. The van der Waals surface area contributed by atoms with E-state index in [2.05, 4.69) is 24.3 Å². The number of hydrogen-bond acceptors (Lipinski definition) is 4. The third-order valence-corrected chi connectivity index (χ3v) is 4.65. The number of hydrogen-bond donors (Lipinski definition) is 1. The quantitative estimate of drug-likeness (QED) is 0.652. The molecule has 0 saturated heterocycles. The summed E-state index contributed by atoms with van der Waals surface area (Å²) >= 11 is 0. The van der Waals surface area contributed by atoms with E-state index in [1.807, 2.05) is 50.2 Å². The van der Waals surface area contributed by atoms with Crippen LogP contribution in [0.2, 0.25) is 0 Å². The van der Waals surface area contributed by atoms with E-state index in [4.69, 9.17) is 9.26 Å². The summed E-state index contributed by atoms with van der Waals surface area (Å²) in [6.45, 7) is 8.98. The molecule has 2 aromatic carbocycles. The van der Waals surface area contributed by atoms with Crippen LogP contribution in [-0.2, 0) is 6.61 Å². The molecule has 0 aliphatic carbocycles. The number of ether oxygens (including phenoxy) is 1. The zero-order valence-corrected chi connectivity index (χ0v) is 16.3. The van der Waals surface area contributed by atoms with E-state index in [0.29, 0.717) is 30.4 Å². The Labute approximate surface area is 159 Å². The van der Waals surface area contributed by atoms with Crippen LogP contribution in [0.3, 0.4) is 0 Å². The highest BCUT2D eigenvalue weighted by Crippen LogP contribution is 2.27. The number of carbonyl (C=O) groups is 1. The van der Waals surface area contributed by atoms with Crippen molar-refractivity contribution in [1.82, 2.24) is 10.5 Å². The second-order valence-electron chi connectivity index (χ2n) is 7.23. The van der Waals surface area contributed by atoms with Gasteiger partial charge in [-0.1, -0.05) is 43.3 Å². The molecule has 0 spiro atoms. The van der Waals surface area contributed by atoms with Gasteiger partial charge in [0.1, 0.15) is 18.1 Å². The maximum Gasteiger partial charge on any atom is 0.255 e. The molecule has 142 valence electrons. The summed E-state index contributed by atoms with van der Waals surface area (Å²) in [5.74, 6) is 1.72. The van der Waals surface area contributed by atoms with Crippen LogP contribution in [0.4, 0.5) is 0 Å². The van der Waals surface area contributed by atoms with Crippen molar-refractivity contribution in [3.8, 4) is 5.75 Å². The lowest BCUT2D eigenvalue weighted by atomic mass is 10.0. The minimum atomic E-state index is -0.116. The molecule has 0 unspecified atom stereocenters. The van der Waals surface area contributed by atoms with Crippen LogP contribution in [0, 0.1) is 19.8 Å². The molecule has 3 aromatic rings. The first-order chi connectivity index (χ1) is 13.0. The van der Waals surface area contributed by atoms with Gasteiger partial charge in [-0.15, -0.1) is 0 Å². The van der Waals surface area contributed by atoms with Crippen LogP contribution < -0.4 is 10.1 Å². The Kier molecular flexibility index (Phi) is 5.79. The summed E-state index contributed by atoms with van der Waals surface area (Å²) in [6.07, 6.45) is 0.939. The molecule has 3 rings (SSSR count). The predicted molar refractivity (Wildman–Crippen MR) is 106 cm³/mol. The van der Waals surface area contributed by atoms with Crippen molar-refractivity contribution in [3.05, 3.63) is 59.0 Å². The number of benzene rings is 2. The minimum absolute atomic E-state index is 0.116. The molecule has 0 saturated carbocycles. The van der Waals surface area contributed by atoms with Crippen molar-refractivity contribution in [2.45, 2.75) is 40.7 Å². The van der Waals surface area contributed by atoms with Gasteiger partial charge in [0, 0.05) is 6.54 Å². The SMILES string of the molecule is Cc1noc(C)c1COc1cc2ccccc2cc1C(=O)NCCC(C)C. The van der Waals surface area contributed by atoms with Gasteiger partial charge >= 0.3 is 0 Å². The zero-order chi connectivity index (χ0) is 19.4. The Balaban J connectivity index is 1.88. The zero-order valence-electron chi connectivity index (χ0n) is 16.3. The molecule has 0 bridgehead atoms. The molecule has 0 aliphatic rings. The van der Waals surface area contributed by atoms with Crippen molar-refractivity contribution in [2.24, 2.45) is 5.92 Å². The van der Waals surface area contributed by atoms with Gasteiger partial charge in [0.2, 0.25) is 0 Å². The number of nitrogens with one attached hydrogen (secondary N) is 1. The normalized spacial score (nSPS) is 11.1. The number of rotatable bonds is 7. The molecule has 0 fully saturated rings. The van der Waals surface area contributed by atoms with Crippen molar-refractivity contribution in [1.29, 1.82) is 0 Å². The summed E-state index contributed by atoms with van der Waals surface area (Å²) in [6, 6.07) is 11.8. The lowest BCUT2D eigenvalue weighted by molar-refractivity contribution is 0.0947. The van der Waals surface area contributed by atoms with Gasteiger partial charge < -0.3 is 14.6 Å². The highest BCUT2D eigenvalue weighted by Gasteiger charge is 2.16. The standard InChI is InChI=1S/C22H26N2O3/c1-14(2)9-10-23-22(25)19-11-17-7-5-6-8-18(17)12-21(19)26-13-20-15(3)24-27-16(20)4/h5-8,11-12,14H,9-10,13H2,1-4H3,(H,23,25). The fraction of sp³-hybridized carbons (Fsp3) is 0.364. The van der Waals surface area contributed by atoms with Gasteiger partial charge in [0.25, 0.3) is 5.91 Å². The maximum atomic E-state index is 12.8. The Morgan fingerprint density at radius 1 is 1.19 bits per heavy atom. The van der Waals surface area contributed by atoms with Crippen molar-refractivity contribution >= 4 is 16.7 Å². The maximum absolute atomic E-state index is 12.8.